The van der Waals surface area contributed by atoms with Crippen molar-refractivity contribution in [1.29, 1.82) is 0 Å². The molecule has 1 amide bonds. The molecule has 0 aromatic carbocycles. The lowest BCUT2D eigenvalue weighted by Gasteiger charge is -2.35. The number of aliphatic carboxylic acids is 1. The molecule has 1 aliphatic carbocycles. The number of ether oxygens (including phenoxy) is 1. The number of carboxylic acids is 1. The minimum atomic E-state index is -0.977. The van der Waals surface area contributed by atoms with Crippen LogP contribution in [0.4, 0.5) is 0 Å². The second kappa shape index (κ2) is 5.90. The van der Waals surface area contributed by atoms with Gasteiger partial charge in [0.05, 0.1) is 0 Å². The fraction of sp³-hybridized carbons (Fsp3) is 0.857. The van der Waals surface area contributed by atoms with Crippen molar-refractivity contribution in [3.05, 3.63) is 0 Å². The molecule has 1 aliphatic heterocycles. The number of amides is 1. The first-order chi connectivity index (χ1) is 8.99. The van der Waals surface area contributed by atoms with Crippen LogP contribution in [0.15, 0.2) is 0 Å². The minimum absolute atomic E-state index is 0.144. The summed E-state index contributed by atoms with van der Waals surface area (Å²) in [6, 6.07) is 0.198. The molecule has 2 aliphatic rings. The Morgan fingerprint density at radius 2 is 1.79 bits per heavy atom. The van der Waals surface area contributed by atoms with E-state index in [-0.39, 0.29) is 11.9 Å². The summed E-state index contributed by atoms with van der Waals surface area (Å²) >= 11 is 0. The molecule has 5 atom stereocenters. The molecule has 1 heterocycles. The van der Waals surface area contributed by atoms with Gasteiger partial charge < -0.3 is 15.2 Å². The zero-order valence-corrected chi connectivity index (χ0v) is 11.6. The van der Waals surface area contributed by atoms with Gasteiger partial charge in [-0.05, 0) is 31.1 Å². The van der Waals surface area contributed by atoms with Crippen LogP contribution in [0.2, 0.25) is 0 Å². The molecule has 5 unspecified atom stereocenters. The van der Waals surface area contributed by atoms with Crippen molar-refractivity contribution in [3.8, 4) is 0 Å². The maximum atomic E-state index is 12.1. The van der Waals surface area contributed by atoms with Gasteiger partial charge in [-0.3, -0.25) is 4.79 Å². The SMILES string of the molecule is CC1CCCC(NC(=O)C2CCC(C(=O)O)O2)C1C. The summed E-state index contributed by atoms with van der Waals surface area (Å²) in [4.78, 5) is 22.9. The van der Waals surface area contributed by atoms with Gasteiger partial charge in [0.15, 0.2) is 6.10 Å². The normalized spacial score (nSPS) is 38.9. The lowest BCUT2D eigenvalue weighted by molar-refractivity contribution is -0.152. The number of carboxylic acid groups (broad SMARTS) is 1. The monoisotopic (exact) mass is 269 g/mol. The van der Waals surface area contributed by atoms with Crippen molar-refractivity contribution in [2.75, 3.05) is 0 Å². The van der Waals surface area contributed by atoms with Crippen LogP contribution >= 0.6 is 0 Å². The van der Waals surface area contributed by atoms with Gasteiger partial charge in [0, 0.05) is 6.04 Å². The molecule has 0 radical (unpaired) electrons. The van der Waals surface area contributed by atoms with Crippen LogP contribution in [0.25, 0.3) is 0 Å². The number of carbonyl (C=O) groups excluding carboxylic acids is 1. The molecule has 2 N–H and O–H groups in total. The summed E-state index contributed by atoms with van der Waals surface area (Å²) in [5, 5.41) is 11.9. The van der Waals surface area contributed by atoms with Crippen molar-refractivity contribution in [3.63, 3.8) is 0 Å². The third-order valence-electron chi connectivity index (χ3n) is 4.62. The van der Waals surface area contributed by atoms with Gasteiger partial charge in [0.25, 0.3) is 0 Å². The average Bonchev–Trinajstić information content (AvgIpc) is 2.84. The summed E-state index contributed by atoms with van der Waals surface area (Å²) in [5.74, 6) is -0.0330. The molecule has 5 nitrogen and oxygen atoms in total. The van der Waals surface area contributed by atoms with E-state index >= 15 is 0 Å². The Morgan fingerprint density at radius 1 is 1.11 bits per heavy atom. The van der Waals surface area contributed by atoms with E-state index in [4.69, 9.17) is 9.84 Å². The van der Waals surface area contributed by atoms with Crippen LogP contribution in [0.1, 0.15) is 46.0 Å². The highest BCUT2D eigenvalue weighted by Gasteiger charge is 2.36. The zero-order chi connectivity index (χ0) is 14.0. The Hall–Kier alpha value is -1.10. The van der Waals surface area contributed by atoms with E-state index in [1.807, 2.05) is 0 Å². The third kappa shape index (κ3) is 3.26. The molecule has 5 heteroatoms. The van der Waals surface area contributed by atoms with E-state index in [9.17, 15) is 9.59 Å². The highest BCUT2D eigenvalue weighted by Crippen LogP contribution is 2.30. The second-order valence-corrected chi connectivity index (χ2v) is 5.91. The topological polar surface area (TPSA) is 75.6 Å². The Kier molecular flexibility index (Phi) is 4.45. The number of carbonyl (C=O) groups is 2. The molecule has 108 valence electrons. The van der Waals surface area contributed by atoms with Gasteiger partial charge in [-0.25, -0.2) is 4.79 Å². The van der Waals surface area contributed by atoms with E-state index in [2.05, 4.69) is 19.2 Å². The smallest absolute Gasteiger partial charge is 0.332 e. The van der Waals surface area contributed by atoms with Crippen molar-refractivity contribution in [2.24, 2.45) is 11.8 Å². The van der Waals surface area contributed by atoms with Crippen molar-refractivity contribution in [2.45, 2.75) is 64.2 Å². The van der Waals surface area contributed by atoms with E-state index < -0.39 is 18.2 Å². The maximum absolute atomic E-state index is 12.1. The Balaban J connectivity index is 1.86. The molecule has 0 bridgehead atoms. The molecule has 0 aromatic heterocycles. The van der Waals surface area contributed by atoms with Crippen molar-refractivity contribution in [1.82, 2.24) is 5.32 Å². The molecule has 19 heavy (non-hydrogen) atoms. The highest BCUT2D eigenvalue weighted by molar-refractivity contribution is 5.82. The Bertz CT molecular complexity index is 357. The van der Waals surface area contributed by atoms with Crippen molar-refractivity contribution < 1.29 is 19.4 Å². The fourth-order valence-corrected chi connectivity index (χ4v) is 3.07. The number of hydrogen-bond donors (Lipinski definition) is 2. The van der Waals surface area contributed by atoms with Crippen LogP contribution in [0, 0.1) is 11.8 Å². The summed E-state index contributed by atoms with van der Waals surface area (Å²) in [5.41, 5.74) is 0. The van der Waals surface area contributed by atoms with Gasteiger partial charge in [-0.1, -0.05) is 26.7 Å². The summed E-state index contributed by atoms with van der Waals surface area (Å²) < 4.78 is 5.28. The lowest BCUT2D eigenvalue weighted by Crippen LogP contribution is -2.47. The molecule has 1 saturated carbocycles. The van der Waals surface area contributed by atoms with Gasteiger partial charge in [-0.15, -0.1) is 0 Å². The van der Waals surface area contributed by atoms with Crippen LogP contribution in [-0.4, -0.2) is 35.2 Å². The molecule has 1 saturated heterocycles. The van der Waals surface area contributed by atoms with Gasteiger partial charge in [-0.2, -0.15) is 0 Å². The highest BCUT2D eigenvalue weighted by atomic mass is 16.5. The summed E-state index contributed by atoms with van der Waals surface area (Å²) in [6.45, 7) is 4.39. The molecular weight excluding hydrogens is 246 g/mol. The first-order valence-corrected chi connectivity index (χ1v) is 7.17. The Morgan fingerprint density at radius 3 is 2.42 bits per heavy atom. The standard InChI is InChI=1S/C14H23NO4/c1-8-4-3-5-10(9(8)2)15-13(16)11-6-7-12(19-11)14(17)18/h8-12H,3-7H2,1-2H3,(H,15,16)(H,17,18). The van der Waals surface area contributed by atoms with Gasteiger partial charge >= 0.3 is 5.97 Å². The van der Waals surface area contributed by atoms with Crippen LogP contribution in [-0.2, 0) is 14.3 Å². The maximum Gasteiger partial charge on any atom is 0.332 e. The van der Waals surface area contributed by atoms with Gasteiger partial charge in [0.1, 0.15) is 6.10 Å². The fourth-order valence-electron chi connectivity index (χ4n) is 3.07. The van der Waals surface area contributed by atoms with Crippen LogP contribution < -0.4 is 5.32 Å². The largest absolute Gasteiger partial charge is 0.479 e. The predicted octanol–water partition coefficient (Wildman–Crippen LogP) is 1.56. The number of rotatable bonds is 3. The van der Waals surface area contributed by atoms with E-state index in [1.165, 1.54) is 6.42 Å². The first kappa shape index (κ1) is 14.3. The summed E-state index contributed by atoms with van der Waals surface area (Å²) in [7, 11) is 0. The summed E-state index contributed by atoms with van der Waals surface area (Å²) in [6.07, 6.45) is 2.87. The van der Waals surface area contributed by atoms with Gasteiger partial charge in [0.2, 0.25) is 5.91 Å². The third-order valence-corrected chi connectivity index (χ3v) is 4.62. The van der Waals surface area contributed by atoms with Crippen LogP contribution in [0.5, 0.6) is 0 Å². The molecule has 0 spiro atoms. The van der Waals surface area contributed by atoms with Crippen LogP contribution in [0.3, 0.4) is 0 Å². The second-order valence-electron chi connectivity index (χ2n) is 5.91. The van der Waals surface area contributed by atoms with E-state index in [1.54, 1.807) is 0 Å². The lowest BCUT2D eigenvalue weighted by atomic mass is 9.78. The van der Waals surface area contributed by atoms with Crippen molar-refractivity contribution >= 4 is 11.9 Å². The molecule has 2 rings (SSSR count). The predicted molar refractivity (Wildman–Crippen MR) is 69.6 cm³/mol. The molecular formula is C14H23NO4. The zero-order valence-electron chi connectivity index (χ0n) is 11.6. The van der Waals surface area contributed by atoms with E-state index in [0.29, 0.717) is 24.7 Å². The average molecular weight is 269 g/mol. The van der Waals surface area contributed by atoms with E-state index in [0.717, 1.165) is 12.8 Å². The minimum Gasteiger partial charge on any atom is -0.479 e. The number of hydrogen-bond acceptors (Lipinski definition) is 3. The quantitative estimate of drug-likeness (QED) is 0.815. The Labute approximate surface area is 113 Å². The molecule has 2 fully saturated rings. The first-order valence-electron chi connectivity index (χ1n) is 7.17. The molecule has 0 aromatic rings. The number of nitrogens with one attached hydrogen (secondary N) is 1.